The van der Waals surface area contributed by atoms with Gasteiger partial charge in [-0.05, 0) is 265 Å². The van der Waals surface area contributed by atoms with E-state index in [-0.39, 0.29) is 0 Å². The van der Waals surface area contributed by atoms with E-state index in [1.54, 1.807) is 0 Å². The molecule has 2 heterocycles. The summed E-state index contributed by atoms with van der Waals surface area (Å²) in [6.07, 6.45) is 0. The molecule has 24 aromatic carbocycles. The third kappa shape index (κ3) is 14.5. The van der Waals surface area contributed by atoms with Crippen LogP contribution in [-0.2, 0) is 10.8 Å². The van der Waals surface area contributed by atoms with Gasteiger partial charge in [-0.2, -0.15) is 0 Å². The summed E-state index contributed by atoms with van der Waals surface area (Å²) < 4.78 is 4.90. The number of anilines is 6. The second-order valence-corrected chi connectivity index (χ2v) is 39.5. The van der Waals surface area contributed by atoms with Gasteiger partial charge < -0.3 is 18.9 Å². The van der Waals surface area contributed by atoms with Gasteiger partial charge in [0.2, 0.25) is 0 Å². The summed E-state index contributed by atoms with van der Waals surface area (Å²) in [5, 5.41) is 4.77. The Balaban J connectivity index is 0.606. The molecule has 0 spiro atoms. The second kappa shape index (κ2) is 37.0. The lowest BCUT2D eigenvalue weighted by Gasteiger charge is -2.35. The van der Waals surface area contributed by atoms with Gasteiger partial charge >= 0.3 is 0 Å². The van der Waals surface area contributed by atoms with Gasteiger partial charge in [-0.3, -0.25) is 0 Å². The molecule has 0 aliphatic heterocycles. The van der Waals surface area contributed by atoms with Crippen LogP contribution in [0, 0.1) is 0 Å². The number of para-hydroxylation sites is 3. The molecule has 1 unspecified atom stereocenters. The molecule has 1 atom stereocenters. The van der Waals surface area contributed by atoms with Crippen molar-refractivity contribution in [3.63, 3.8) is 0 Å². The first kappa shape index (κ1) is 88.2. The van der Waals surface area contributed by atoms with Crippen molar-refractivity contribution in [2.24, 2.45) is 0 Å². The van der Waals surface area contributed by atoms with Gasteiger partial charge in [-0.15, -0.1) is 0 Å². The van der Waals surface area contributed by atoms with Crippen LogP contribution >= 0.6 is 0 Å². The molecule has 2 aliphatic carbocycles. The highest BCUT2D eigenvalue weighted by Crippen LogP contribution is 2.62. The second-order valence-electron chi connectivity index (χ2n) is 39.5. The highest BCUT2D eigenvalue weighted by molar-refractivity contribution is 6.17. The minimum absolute atomic E-state index is 0.665. The molecule has 28 rings (SSSR count). The molecule has 0 radical (unpaired) electrons. The first-order valence-corrected chi connectivity index (χ1v) is 51.9. The summed E-state index contributed by atoms with van der Waals surface area (Å²) in [5.41, 5.74) is 46.4. The lowest BCUT2D eigenvalue weighted by atomic mass is 9.67. The van der Waals surface area contributed by atoms with Crippen LogP contribution < -0.4 is 9.80 Å². The molecule has 150 heavy (non-hydrogen) atoms. The van der Waals surface area contributed by atoms with Crippen molar-refractivity contribution in [2.75, 3.05) is 9.80 Å². The molecule has 0 fully saturated rings. The van der Waals surface area contributed by atoms with E-state index in [0.717, 1.165) is 168 Å². The number of nitrogens with zero attached hydrogens (tertiary/aromatic N) is 4. The Bertz CT molecular complexity index is 9600. The lowest BCUT2D eigenvalue weighted by Crippen LogP contribution is -2.28. The Morgan fingerprint density at radius 2 is 0.453 bits per heavy atom. The maximum absolute atomic E-state index is 2.56. The van der Waals surface area contributed by atoms with Crippen LogP contribution in [0.15, 0.2) is 595 Å². The zero-order valence-electron chi connectivity index (χ0n) is 82.4. The topological polar surface area (TPSA) is 16.3 Å². The van der Waals surface area contributed by atoms with Crippen molar-refractivity contribution in [2.45, 2.75) is 10.8 Å². The largest absolute Gasteiger partial charge is 0.310 e. The third-order valence-electron chi connectivity index (χ3n) is 31.5. The highest BCUT2D eigenvalue weighted by atomic mass is 15.2. The van der Waals surface area contributed by atoms with Gasteiger partial charge in [0.15, 0.2) is 0 Å². The van der Waals surface area contributed by atoms with Crippen molar-refractivity contribution < 1.29 is 0 Å². The van der Waals surface area contributed by atoms with Gasteiger partial charge in [-0.25, -0.2) is 0 Å². The lowest BCUT2D eigenvalue weighted by molar-refractivity contribution is 0.768. The molecule has 702 valence electrons. The third-order valence-corrected chi connectivity index (χ3v) is 31.5. The van der Waals surface area contributed by atoms with Crippen LogP contribution in [0.25, 0.3) is 177 Å². The fraction of sp³-hybridized carbons (Fsp3) is 0.0137. The normalized spacial score (nSPS) is 13.1. The summed E-state index contributed by atoms with van der Waals surface area (Å²) in [5.74, 6) is 0. The number of hydrogen-bond acceptors (Lipinski definition) is 2. The molecule has 4 heteroatoms. The summed E-state index contributed by atoms with van der Waals surface area (Å²) in [4.78, 5) is 5.10. The predicted octanol–water partition coefficient (Wildman–Crippen LogP) is 38.5. The van der Waals surface area contributed by atoms with Gasteiger partial charge in [0.05, 0.1) is 44.3 Å². The molecule has 4 nitrogen and oxygen atoms in total. The number of rotatable bonds is 21. The SMILES string of the molecule is c1ccc(-c2ccccc2-c2c(-c3ccccc3)cccc2N(c2ccc(-c3ccc4c5ccccc5n(-c5ccccc5)c4c3)cc2)c2ccc3c(c2)C(c2ccccc2)(c2ccc(-c4ccc5c6c(-c7cccc(N(c8ccc9c(c8)C(c8ccccc8)(c8ccccc8)c8ccccc8-9)c8cccc(-c9ccccc9)c8-c8ccccc8-c8ccccc8)c7)cccc6n(-c6ccccc6)c5c4)cc2)c2ccccc2-3)cc1. The van der Waals surface area contributed by atoms with Crippen LogP contribution in [0.4, 0.5) is 34.1 Å². The van der Waals surface area contributed by atoms with Gasteiger partial charge in [-0.1, -0.05) is 485 Å². The van der Waals surface area contributed by atoms with E-state index in [4.69, 9.17) is 0 Å². The number of benzene rings is 24. The molecule has 0 N–H and O–H groups in total. The summed E-state index contributed by atoms with van der Waals surface area (Å²) in [7, 11) is 0. The number of fused-ring (bicyclic) bond motifs is 12. The Morgan fingerprint density at radius 3 is 0.933 bits per heavy atom. The Labute approximate surface area is 873 Å². The molecule has 0 saturated carbocycles. The van der Waals surface area contributed by atoms with Crippen molar-refractivity contribution >= 4 is 77.7 Å². The van der Waals surface area contributed by atoms with Crippen LogP contribution in [0.1, 0.15) is 44.5 Å². The monoisotopic (exact) mass is 1910 g/mol. The quantitative estimate of drug-likeness (QED) is 0.0713. The summed E-state index contributed by atoms with van der Waals surface area (Å²) in [6.45, 7) is 0. The van der Waals surface area contributed by atoms with E-state index in [9.17, 15) is 0 Å². The summed E-state index contributed by atoms with van der Waals surface area (Å²) in [6, 6.07) is 222. The fourth-order valence-electron chi connectivity index (χ4n) is 25.1. The van der Waals surface area contributed by atoms with Crippen LogP contribution in [0.2, 0.25) is 0 Å². The molecule has 26 aromatic rings. The minimum atomic E-state index is -0.798. The van der Waals surface area contributed by atoms with Crippen LogP contribution in [0.5, 0.6) is 0 Å². The average Bonchev–Trinajstić information content (AvgIpc) is 1.53. The Hall–Kier alpha value is -19.5. The van der Waals surface area contributed by atoms with E-state index < -0.39 is 10.8 Å². The standard InChI is InChI=1S/C146H98N4/c1-10-42-101(43-11-1)118-62-28-30-67-129(118)142-120(103-46-14-3-15-47-103)69-39-75-137(142)147(114-86-80-100(81-87-114)105-82-90-128-127-66-34-37-74-136(127)149(140(128)95-105)112-57-24-8-25-58-112)116-88-92-126-124-65-33-36-73-133(124)146(135(126)97-116,110-55-22-7-23-56-110)111-84-78-99(79-85-111)106-83-91-131-141(96-106)150(113-59-26-9-27-60-113)139-77-41-71-122(144(131)139)107-50-38-61-115(94-107)148(138-76-40-70-121(104-48-16-4-17-49-104)143(138)130-68-31-29-63-119(130)102-44-12-2-13-45-102)117-89-93-125-123-64-32-35-72-132(123)145(134(125)98-117,108-51-18-5-19-52-108)109-53-20-6-21-54-109/h1-98H. The van der Waals surface area contributed by atoms with Gasteiger partial charge in [0.1, 0.15) is 0 Å². The van der Waals surface area contributed by atoms with Crippen molar-refractivity contribution in [1.29, 1.82) is 0 Å². The molecule has 2 aliphatic rings. The fourth-order valence-corrected chi connectivity index (χ4v) is 25.1. The number of aromatic nitrogens is 2. The first-order chi connectivity index (χ1) is 74.5. The molecule has 0 saturated heterocycles. The molecule has 0 bridgehead atoms. The van der Waals surface area contributed by atoms with E-state index >= 15 is 0 Å². The maximum Gasteiger partial charge on any atom is 0.0714 e. The predicted molar refractivity (Wildman–Crippen MR) is 628 cm³/mol. The van der Waals surface area contributed by atoms with E-state index in [1.807, 2.05) is 0 Å². The minimum Gasteiger partial charge on any atom is -0.310 e. The van der Waals surface area contributed by atoms with Crippen LogP contribution in [-0.4, -0.2) is 9.13 Å². The van der Waals surface area contributed by atoms with E-state index in [0.29, 0.717) is 0 Å². The maximum atomic E-state index is 2.56. The molecule has 2 aromatic heterocycles. The smallest absolute Gasteiger partial charge is 0.0714 e. The Kier molecular flexibility index (Phi) is 21.7. The first-order valence-electron chi connectivity index (χ1n) is 51.9. The molecular formula is C146H98N4. The molecular weight excluding hydrogens is 1810 g/mol. The highest BCUT2D eigenvalue weighted by Gasteiger charge is 2.49. The van der Waals surface area contributed by atoms with Crippen LogP contribution in [0.3, 0.4) is 0 Å². The van der Waals surface area contributed by atoms with Gasteiger partial charge in [0.25, 0.3) is 0 Å². The zero-order valence-corrected chi connectivity index (χ0v) is 82.4. The Morgan fingerprint density at radius 1 is 0.147 bits per heavy atom. The van der Waals surface area contributed by atoms with Crippen molar-refractivity contribution in [1.82, 2.24) is 9.13 Å². The van der Waals surface area contributed by atoms with Gasteiger partial charge in [0, 0.05) is 66.8 Å². The van der Waals surface area contributed by atoms with E-state index in [1.165, 1.54) is 88.4 Å². The number of hydrogen-bond donors (Lipinski definition) is 0. The summed E-state index contributed by atoms with van der Waals surface area (Å²) >= 11 is 0. The van der Waals surface area contributed by atoms with E-state index in [2.05, 4.69) is 613 Å². The van der Waals surface area contributed by atoms with Crippen molar-refractivity contribution in [3.8, 4) is 134 Å². The zero-order chi connectivity index (χ0) is 99.2. The average molecular weight is 1910 g/mol. The molecule has 0 amide bonds. The van der Waals surface area contributed by atoms with Crippen molar-refractivity contribution in [3.05, 3.63) is 639 Å².